The third-order valence-corrected chi connectivity index (χ3v) is 4.03. The second kappa shape index (κ2) is 6.20. The minimum absolute atomic E-state index is 0.0232. The van der Waals surface area contributed by atoms with E-state index in [4.69, 9.17) is 5.11 Å². The smallest absolute Gasteiger partial charge is 0.338 e. The molecular weight excluding hydrogens is 297 g/mol. The van der Waals surface area contributed by atoms with Crippen molar-refractivity contribution in [1.82, 2.24) is 4.90 Å². The Morgan fingerprint density at radius 1 is 1.00 bits per heavy atom. The van der Waals surface area contributed by atoms with Gasteiger partial charge in [0.15, 0.2) is 0 Å². The van der Waals surface area contributed by atoms with Gasteiger partial charge in [0.05, 0.1) is 5.56 Å². The highest BCUT2D eigenvalue weighted by Gasteiger charge is 2.20. The predicted octanol–water partition coefficient (Wildman–Crippen LogP) is 3.43. The third kappa shape index (κ3) is 3.08. The van der Waals surface area contributed by atoms with E-state index in [1.807, 2.05) is 4.90 Å². The van der Waals surface area contributed by atoms with E-state index >= 15 is 0 Å². The molecule has 1 amide bonds. The maximum absolute atomic E-state index is 13.5. The van der Waals surface area contributed by atoms with Gasteiger partial charge in [-0.1, -0.05) is 18.2 Å². The van der Waals surface area contributed by atoms with Gasteiger partial charge in [-0.3, -0.25) is 4.79 Å². The van der Waals surface area contributed by atoms with Gasteiger partial charge in [0.25, 0.3) is 5.91 Å². The number of rotatable bonds is 3. The average molecular weight is 313 g/mol. The van der Waals surface area contributed by atoms with Crippen LogP contribution in [0.3, 0.4) is 0 Å². The van der Waals surface area contributed by atoms with Crippen molar-refractivity contribution >= 4 is 11.9 Å². The fourth-order valence-corrected chi connectivity index (χ4v) is 2.80. The third-order valence-electron chi connectivity index (χ3n) is 4.03. The molecule has 1 aliphatic heterocycles. The molecule has 23 heavy (non-hydrogen) atoms. The zero-order chi connectivity index (χ0) is 16.4. The second-order valence-electron chi connectivity index (χ2n) is 5.58. The summed E-state index contributed by atoms with van der Waals surface area (Å²) in [5, 5.41) is 9.02. The normalized spacial score (nSPS) is 14.0. The molecule has 2 aromatic rings. The van der Waals surface area contributed by atoms with E-state index in [9.17, 15) is 14.0 Å². The lowest BCUT2D eigenvalue weighted by Crippen LogP contribution is -2.27. The number of nitrogens with zero attached hydrogens (tertiary/aromatic N) is 1. The number of halogens is 1. The van der Waals surface area contributed by atoms with E-state index in [2.05, 4.69) is 0 Å². The fraction of sp³-hybridized carbons (Fsp3) is 0.222. The molecule has 1 heterocycles. The number of likely N-dealkylation sites (tertiary alicyclic amines) is 1. The molecule has 0 spiro atoms. The highest BCUT2D eigenvalue weighted by molar-refractivity contribution is 5.96. The molecule has 0 bridgehead atoms. The Hall–Kier alpha value is -2.69. The van der Waals surface area contributed by atoms with Crippen LogP contribution in [-0.4, -0.2) is 35.0 Å². The van der Waals surface area contributed by atoms with Gasteiger partial charge >= 0.3 is 5.97 Å². The monoisotopic (exact) mass is 313 g/mol. The first-order valence-corrected chi connectivity index (χ1v) is 7.49. The first-order chi connectivity index (χ1) is 11.1. The van der Waals surface area contributed by atoms with Crippen LogP contribution in [0.4, 0.5) is 4.39 Å². The lowest BCUT2D eigenvalue weighted by atomic mass is 10.0. The minimum atomic E-state index is -1.31. The predicted molar refractivity (Wildman–Crippen MR) is 83.9 cm³/mol. The molecule has 1 N–H and O–H groups in total. The molecule has 0 saturated carbocycles. The Balaban J connectivity index is 1.95. The summed E-state index contributed by atoms with van der Waals surface area (Å²) < 4.78 is 13.5. The zero-order valence-corrected chi connectivity index (χ0v) is 12.5. The van der Waals surface area contributed by atoms with Gasteiger partial charge in [-0.2, -0.15) is 0 Å². The van der Waals surface area contributed by atoms with Crippen molar-refractivity contribution in [1.29, 1.82) is 0 Å². The summed E-state index contributed by atoms with van der Waals surface area (Å²) in [7, 11) is 0. The summed E-state index contributed by atoms with van der Waals surface area (Å²) >= 11 is 0. The van der Waals surface area contributed by atoms with Crippen molar-refractivity contribution in [3.8, 4) is 11.1 Å². The van der Waals surface area contributed by atoms with E-state index in [1.54, 1.807) is 24.3 Å². The Bertz CT molecular complexity index is 767. The molecule has 0 unspecified atom stereocenters. The molecule has 3 rings (SSSR count). The van der Waals surface area contributed by atoms with E-state index in [-0.39, 0.29) is 11.5 Å². The van der Waals surface area contributed by atoms with Crippen molar-refractivity contribution in [2.45, 2.75) is 12.8 Å². The quantitative estimate of drug-likeness (QED) is 0.944. The van der Waals surface area contributed by atoms with Crippen LogP contribution in [0.2, 0.25) is 0 Å². The second-order valence-corrected chi connectivity index (χ2v) is 5.58. The molecule has 5 heteroatoms. The Morgan fingerprint density at radius 3 is 2.39 bits per heavy atom. The van der Waals surface area contributed by atoms with Gasteiger partial charge in [0, 0.05) is 18.7 Å². The number of hydrogen-bond donors (Lipinski definition) is 1. The lowest BCUT2D eigenvalue weighted by Gasteiger charge is -2.15. The fourth-order valence-electron chi connectivity index (χ4n) is 2.80. The topological polar surface area (TPSA) is 57.6 Å². The van der Waals surface area contributed by atoms with Crippen LogP contribution >= 0.6 is 0 Å². The molecule has 118 valence electrons. The van der Waals surface area contributed by atoms with Gasteiger partial charge in [-0.15, -0.1) is 0 Å². The van der Waals surface area contributed by atoms with Crippen LogP contribution in [0.5, 0.6) is 0 Å². The number of hydrogen-bond acceptors (Lipinski definition) is 2. The van der Waals surface area contributed by atoms with Gasteiger partial charge in [-0.25, -0.2) is 9.18 Å². The first-order valence-electron chi connectivity index (χ1n) is 7.49. The Morgan fingerprint density at radius 2 is 1.70 bits per heavy atom. The average Bonchev–Trinajstić information content (AvgIpc) is 3.09. The van der Waals surface area contributed by atoms with E-state index in [1.165, 1.54) is 12.1 Å². The summed E-state index contributed by atoms with van der Waals surface area (Å²) in [4.78, 5) is 25.3. The van der Waals surface area contributed by atoms with Crippen molar-refractivity contribution in [3.63, 3.8) is 0 Å². The number of amides is 1. The Kier molecular flexibility index (Phi) is 4.10. The first kappa shape index (κ1) is 15.2. The van der Waals surface area contributed by atoms with Crippen LogP contribution in [0.25, 0.3) is 11.1 Å². The molecule has 1 aliphatic rings. The Labute approximate surface area is 133 Å². The number of carbonyl (C=O) groups is 2. The molecular formula is C18H16FNO3. The van der Waals surface area contributed by atoms with Crippen LogP contribution in [0.1, 0.15) is 33.6 Å². The molecule has 2 aromatic carbocycles. The number of carboxylic acid groups (broad SMARTS) is 1. The highest BCUT2D eigenvalue weighted by atomic mass is 19.1. The number of benzene rings is 2. The van der Waals surface area contributed by atoms with Gasteiger partial charge < -0.3 is 10.0 Å². The summed E-state index contributed by atoms with van der Waals surface area (Å²) in [6.07, 6.45) is 2.04. The zero-order valence-electron chi connectivity index (χ0n) is 12.5. The molecule has 0 atom stereocenters. The van der Waals surface area contributed by atoms with E-state index in [0.717, 1.165) is 32.0 Å². The van der Waals surface area contributed by atoms with Crippen molar-refractivity contribution < 1.29 is 19.1 Å². The van der Waals surface area contributed by atoms with Crippen LogP contribution in [0, 0.1) is 5.82 Å². The molecule has 0 aliphatic carbocycles. The number of carboxylic acids is 1. The standard InChI is InChI=1S/C18H16FNO3/c19-16-7-6-13(11-15(16)18(22)23)12-4-3-5-14(10-12)17(21)20-8-1-2-9-20/h3-7,10-11H,1-2,8-9H2,(H,22,23). The molecule has 1 fully saturated rings. The lowest BCUT2D eigenvalue weighted by molar-refractivity contribution is 0.0691. The molecule has 0 radical (unpaired) electrons. The van der Waals surface area contributed by atoms with Gasteiger partial charge in [-0.05, 0) is 48.2 Å². The SMILES string of the molecule is O=C(O)c1cc(-c2cccc(C(=O)N3CCCC3)c2)ccc1F. The molecule has 1 saturated heterocycles. The van der Waals surface area contributed by atoms with Crippen LogP contribution in [-0.2, 0) is 0 Å². The maximum Gasteiger partial charge on any atom is 0.338 e. The van der Waals surface area contributed by atoms with Crippen LogP contribution in [0.15, 0.2) is 42.5 Å². The summed E-state index contributed by atoms with van der Waals surface area (Å²) in [6.45, 7) is 1.53. The number of carbonyl (C=O) groups excluding carboxylic acids is 1. The summed E-state index contributed by atoms with van der Waals surface area (Å²) in [6, 6.07) is 10.9. The van der Waals surface area contributed by atoms with Gasteiger partial charge in [0.2, 0.25) is 0 Å². The van der Waals surface area contributed by atoms with Crippen LogP contribution < -0.4 is 0 Å². The number of aromatic carboxylic acids is 1. The van der Waals surface area contributed by atoms with E-state index in [0.29, 0.717) is 16.7 Å². The van der Waals surface area contributed by atoms with Crippen molar-refractivity contribution in [2.24, 2.45) is 0 Å². The largest absolute Gasteiger partial charge is 0.478 e. The molecule has 0 aromatic heterocycles. The van der Waals surface area contributed by atoms with Crippen molar-refractivity contribution in [2.75, 3.05) is 13.1 Å². The van der Waals surface area contributed by atoms with Crippen molar-refractivity contribution in [3.05, 3.63) is 59.4 Å². The maximum atomic E-state index is 13.5. The summed E-state index contributed by atoms with van der Waals surface area (Å²) in [5.41, 5.74) is 1.45. The van der Waals surface area contributed by atoms with Gasteiger partial charge in [0.1, 0.15) is 5.82 Å². The minimum Gasteiger partial charge on any atom is -0.478 e. The highest BCUT2D eigenvalue weighted by Crippen LogP contribution is 2.24. The van der Waals surface area contributed by atoms with E-state index < -0.39 is 11.8 Å². The summed E-state index contributed by atoms with van der Waals surface area (Å²) in [5.74, 6) is -2.11. The molecule has 4 nitrogen and oxygen atoms in total.